The molecule has 1 aliphatic carbocycles. The van der Waals surface area contributed by atoms with Gasteiger partial charge < -0.3 is 19.1 Å². The van der Waals surface area contributed by atoms with Gasteiger partial charge in [-0.25, -0.2) is 4.98 Å². The fourth-order valence-electron chi connectivity index (χ4n) is 10.3. The Balaban J connectivity index is 0.00000553. The van der Waals surface area contributed by atoms with Crippen LogP contribution in [0.25, 0.3) is 49.9 Å². The van der Waals surface area contributed by atoms with E-state index in [1.54, 1.807) is 0 Å². The van der Waals surface area contributed by atoms with Gasteiger partial charge in [0.1, 0.15) is 5.82 Å². The van der Waals surface area contributed by atoms with Crippen LogP contribution in [-0.2, 0) is 42.7 Å². The predicted octanol–water partition coefficient (Wildman–Crippen LogP) is 16.8. The molecular weight excluding hydrogens is 1020 g/mol. The van der Waals surface area contributed by atoms with Crippen LogP contribution in [0.3, 0.4) is 0 Å². The molecule has 7 aromatic carbocycles. The van der Waals surface area contributed by atoms with Crippen LogP contribution in [0.15, 0.2) is 152 Å². The Bertz CT molecular complexity index is 3440. The van der Waals surface area contributed by atoms with E-state index in [9.17, 15) is 0 Å². The number of para-hydroxylation sites is 3. The number of anilines is 4. The summed E-state index contributed by atoms with van der Waals surface area (Å²) in [7, 11) is 0. The zero-order chi connectivity index (χ0) is 47.5. The molecule has 9 aromatic rings. The number of rotatable bonds is 6. The molecule has 0 amide bonds. The van der Waals surface area contributed by atoms with Gasteiger partial charge in [0.25, 0.3) is 0 Å². The molecule has 0 unspecified atom stereocenters. The van der Waals surface area contributed by atoms with Crippen molar-refractivity contribution < 1.29 is 25.8 Å². The fraction of sp³-hybridized carbons (Fsp3) is 0.238. The van der Waals surface area contributed by atoms with E-state index >= 15 is 0 Å². The van der Waals surface area contributed by atoms with Crippen LogP contribution < -0.4 is 14.5 Å². The SMILES string of the molecule is CC(C)(C)c1cc(-c2ccc3c(c2N2[CH-]N(c4[c-]c(Oc5[c-]c6c(cc5)c5ccccc5n6-c5cc(C(C)(C)C)ccn5)ccc4)c4ccccc42)-c2ccccc2C3(C)C)cc(C(C)(C)C)c1.[Pt]. The molecule has 350 valence electrons. The van der Waals surface area contributed by atoms with Gasteiger partial charge in [-0.15, -0.1) is 48.1 Å². The molecule has 2 aliphatic rings. The monoisotopic (exact) mass is 1080 g/mol. The summed E-state index contributed by atoms with van der Waals surface area (Å²) in [5, 5.41) is 2.24. The van der Waals surface area contributed by atoms with Gasteiger partial charge in [-0.1, -0.05) is 167 Å². The fourth-order valence-corrected chi connectivity index (χ4v) is 10.3. The summed E-state index contributed by atoms with van der Waals surface area (Å²) in [6.07, 6.45) is 1.91. The molecular formula is C63H59N4OPt-3. The van der Waals surface area contributed by atoms with E-state index in [0.29, 0.717) is 11.5 Å². The van der Waals surface area contributed by atoms with Gasteiger partial charge in [0.05, 0.1) is 0 Å². The first kappa shape index (κ1) is 46.3. The van der Waals surface area contributed by atoms with Crippen LogP contribution in [0.2, 0.25) is 0 Å². The van der Waals surface area contributed by atoms with Crippen molar-refractivity contribution in [2.75, 3.05) is 9.80 Å². The number of fused-ring (bicyclic) bond motifs is 7. The first-order valence-corrected chi connectivity index (χ1v) is 24.0. The Hall–Kier alpha value is -6.42. The van der Waals surface area contributed by atoms with Gasteiger partial charge in [0.2, 0.25) is 0 Å². The molecule has 0 N–H and O–H groups in total. The Morgan fingerprint density at radius 2 is 1.20 bits per heavy atom. The van der Waals surface area contributed by atoms with E-state index in [0.717, 1.165) is 44.7 Å². The van der Waals surface area contributed by atoms with E-state index < -0.39 is 0 Å². The Kier molecular flexibility index (Phi) is 11.2. The smallest absolute Gasteiger partial charge is 0.135 e. The molecule has 11 rings (SSSR count). The molecule has 0 spiro atoms. The van der Waals surface area contributed by atoms with E-state index in [4.69, 9.17) is 9.72 Å². The summed E-state index contributed by atoms with van der Waals surface area (Å²) in [6.45, 7) is 27.6. The molecule has 0 bridgehead atoms. The summed E-state index contributed by atoms with van der Waals surface area (Å²) >= 11 is 0. The first-order chi connectivity index (χ1) is 32.4. The van der Waals surface area contributed by atoms with Crippen molar-refractivity contribution in [2.24, 2.45) is 0 Å². The topological polar surface area (TPSA) is 33.5 Å². The number of pyridine rings is 1. The van der Waals surface area contributed by atoms with Crippen molar-refractivity contribution in [3.05, 3.63) is 198 Å². The van der Waals surface area contributed by atoms with Gasteiger partial charge in [0, 0.05) is 77.9 Å². The maximum Gasteiger partial charge on any atom is 0.135 e. The third kappa shape index (κ3) is 7.88. The molecule has 0 saturated heterocycles. The molecule has 0 atom stereocenters. The second-order valence-electron chi connectivity index (χ2n) is 22.3. The Morgan fingerprint density at radius 3 is 1.93 bits per heavy atom. The van der Waals surface area contributed by atoms with Crippen molar-refractivity contribution in [3.63, 3.8) is 0 Å². The molecule has 6 heteroatoms. The van der Waals surface area contributed by atoms with Gasteiger partial charge >= 0.3 is 0 Å². The van der Waals surface area contributed by atoms with E-state index in [1.807, 2.05) is 24.4 Å². The van der Waals surface area contributed by atoms with Crippen molar-refractivity contribution in [2.45, 2.75) is 97.8 Å². The zero-order valence-electron chi connectivity index (χ0n) is 41.5. The van der Waals surface area contributed by atoms with Crippen molar-refractivity contribution >= 4 is 44.6 Å². The third-order valence-electron chi connectivity index (χ3n) is 14.2. The second kappa shape index (κ2) is 16.6. The average Bonchev–Trinajstić information content (AvgIpc) is 3.93. The van der Waals surface area contributed by atoms with Gasteiger partial charge in [-0.3, -0.25) is 0 Å². The van der Waals surface area contributed by atoms with Crippen molar-refractivity contribution in [3.8, 4) is 39.6 Å². The van der Waals surface area contributed by atoms with Crippen LogP contribution in [0.5, 0.6) is 11.5 Å². The third-order valence-corrected chi connectivity index (χ3v) is 14.2. The number of hydrogen-bond acceptors (Lipinski definition) is 4. The van der Waals surface area contributed by atoms with Crippen LogP contribution >= 0.6 is 0 Å². The number of hydrogen-bond donors (Lipinski definition) is 0. The van der Waals surface area contributed by atoms with Crippen LogP contribution in [0, 0.1) is 18.8 Å². The molecule has 5 nitrogen and oxygen atoms in total. The van der Waals surface area contributed by atoms with Crippen molar-refractivity contribution in [1.82, 2.24) is 9.55 Å². The molecule has 0 fully saturated rings. The summed E-state index contributed by atoms with van der Waals surface area (Å²) in [5.41, 5.74) is 17.5. The molecule has 1 aliphatic heterocycles. The van der Waals surface area contributed by atoms with Gasteiger partial charge in [-0.05, 0) is 90.9 Å². The Labute approximate surface area is 423 Å². The quantitative estimate of drug-likeness (QED) is 0.155. The molecule has 2 aromatic heterocycles. The van der Waals surface area contributed by atoms with Gasteiger partial charge in [-0.2, -0.15) is 12.1 Å². The molecule has 69 heavy (non-hydrogen) atoms. The van der Waals surface area contributed by atoms with Crippen LogP contribution in [0.1, 0.15) is 104 Å². The van der Waals surface area contributed by atoms with Crippen molar-refractivity contribution in [1.29, 1.82) is 0 Å². The predicted molar refractivity (Wildman–Crippen MR) is 283 cm³/mol. The summed E-state index contributed by atoms with van der Waals surface area (Å²) < 4.78 is 8.93. The summed E-state index contributed by atoms with van der Waals surface area (Å²) in [6, 6.07) is 60.1. The standard InChI is InChI=1S/C63H59N4O.Pt/c1-60(2,3)41-31-32-64-57(36-41)67-53-24-15-13-21-48(53)49-28-27-46(38-56(49)67)68-45-20-18-19-44(37-45)65-39-66(55-26-17-16-25-54(55)65)59-47(40-33-42(61(4,5)6)35-43(34-40)62(7,8)9)29-30-52-58(59)50-22-12-14-23-51(50)63(52,10)11;/h12-36,39H,1-11H3;/q-3;. The summed E-state index contributed by atoms with van der Waals surface area (Å²) in [4.78, 5) is 9.56. The Morgan fingerprint density at radius 1 is 0.551 bits per heavy atom. The minimum Gasteiger partial charge on any atom is -0.509 e. The molecule has 3 heterocycles. The summed E-state index contributed by atoms with van der Waals surface area (Å²) in [5.74, 6) is 2.06. The number of benzene rings is 7. The van der Waals surface area contributed by atoms with Crippen LogP contribution in [-0.4, -0.2) is 9.55 Å². The van der Waals surface area contributed by atoms with E-state index in [2.05, 4.69) is 237 Å². The zero-order valence-corrected chi connectivity index (χ0v) is 43.8. The van der Waals surface area contributed by atoms with Gasteiger partial charge in [0.15, 0.2) is 0 Å². The minimum atomic E-state index is -0.178. The largest absolute Gasteiger partial charge is 0.509 e. The molecule has 0 radical (unpaired) electrons. The normalized spacial score (nSPS) is 14.2. The van der Waals surface area contributed by atoms with E-state index in [-0.39, 0.29) is 42.7 Å². The number of ether oxygens (including phenoxy) is 1. The van der Waals surface area contributed by atoms with Crippen LogP contribution in [0.4, 0.5) is 22.7 Å². The number of nitrogens with zero attached hydrogens (tertiary/aromatic N) is 4. The minimum absolute atomic E-state index is 0. The second-order valence-corrected chi connectivity index (χ2v) is 22.3. The number of aromatic nitrogens is 2. The average molecular weight is 1080 g/mol. The maximum absolute atomic E-state index is 6.73. The maximum atomic E-state index is 6.73. The molecule has 0 saturated carbocycles. The van der Waals surface area contributed by atoms with E-state index in [1.165, 1.54) is 55.8 Å². The first-order valence-electron chi connectivity index (χ1n) is 24.0.